The van der Waals surface area contributed by atoms with Crippen LogP contribution in [0.5, 0.6) is 0 Å². The number of aliphatic hydroxyl groups excluding tert-OH is 1. The molecular formula is C15H18FN3OS. The summed E-state index contributed by atoms with van der Waals surface area (Å²) in [5, 5.41) is 11.4. The fraction of sp³-hybridized carbons (Fsp3) is 0.467. The molecule has 0 aliphatic carbocycles. The molecule has 6 heteroatoms. The van der Waals surface area contributed by atoms with E-state index in [4.69, 9.17) is 0 Å². The van der Waals surface area contributed by atoms with Crippen LogP contribution in [0.2, 0.25) is 0 Å². The van der Waals surface area contributed by atoms with Gasteiger partial charge in [0, 0.05) is 24.6 Å². The van der Waals surface area contributed by atoms with Crippen LogP contribution in [0, 0.1) is 18.7 Å². The van der Waals surface area contributed by atoms with Gasteiger partial charge < -0.3 is 10.0 Å². The van der Waals surface area contributed by atoms with Crippen molar-refractivity contribution in [2.45, 2.75) is 25.9 Å². The number of aryl methyl sites for hydroxylation is 1. The Bertz CT molecular complexity index is 593. The summed E-state index contributed by atoms with van der Waals surface area (Å²) in [6.45, 7) is 3.64. The molecule has 0 bridgehead atoms. The quantitative estimate of drug-likeness (QED) is 0.947. The Kier molecular flexibility index (Phi) is 4.17. The zero-order chi connectivity index (χ0) is 14.8. The third-order valence-electron chi connectivity index (χ3n) is 3.99. The maximum atomic E-state index is 12.9. The molecule has 1 atom stereocenters. The van der Waals surface area contributed by atoms with E-state index in [9.17, 15) is 9.50 Å². The van der Waals surface area contributed by atoms with E-state index in [0.29, 0.717) is 0 Å². The molecule has 0 amide bonds. The minimum Gasteiger partial charge on any atom is -0.388 e. The molecule has 3 rings (SSSR count). The second-order valence-corrected chi connectivity index (χ2v) is 6.18. The van der Waals surface area contributed by atoms with E-state index in [1.54, 1.807) is 12.1 Å². The highest BCUT2D eigenvalue weighted by Gasteiger charge is 2.27. The number of halogens is 1. The van der Waals surface area contributed by atoms with Gasteiger partial charge in [-0.3, -0.25) is 0 Å². The third kappa shape index (κ3) is 3.22. The summed E-state index contributed by atoms with van der Waals surface area (Å²) < 4.78 is 17.1. The lowest BCUT2D eigenvalue weighted by molar-refractivity contribution is 0.0929. The van der Waals surface area contributed by atoms with Gasteiger partial charge in [-0.25, -0.2) is 9.37 Å². The molecular weight excluding hydrogens is 289 g/mol. The molecule has 112 valence electrons. The van der Waals surface area contributed by atoms with Crippen LogP contribution in [0.4, 0.5) is 9.52 Å². The van der Waals surface area contributed by atoms with Gasteiger partial charge in [0.05, 0.1) is 6.10 Å². The van der Waals surface area contributed by atoms with E-state index < -0.39 is 6.10 Å². The van der Waals surface area contributed by atoms with Gasteiger partial charge in [-0.05, 0) is 43.4 Å². The van der Waals surface area contributed by atoms with Crippen molar-refractivity contribution < 1.29 is 9.50 Å². The van der Waals surface area contributed by atoms with Crippen molar-refractivity contribution in [2.75, 3.05) is 18.0 Å². The highest BCUT2D eigenvalue weighted by Crippen LogP contribution is 2.32. The Balaban J connectivity index is 1.61. The number of piperidine rings is 1. The third-order valence-corrected chi connectivity index (χ3v) is 4.85. The summed E-state index contributed by atoms with van der Waals surface area (Å²) in [5.74, 6) is 0.747. The monoisotopic (exact) mass is 307 g/mol. The van der Waals surface area contributed by atoms with Gasteiger partial charge in [-0.15, -0.1) is 0 Å². The Morgan fingerprint density at radius 2 is 1.95 bits per heavy atom. The van der Waals surface area contributed by atoms with Gasteiger partial charge in [-0.2, -0.15) is 4.37 Å². The number of hydrogen-bond acceptors (Lipinski definition) is 5. The molecule has 1 aliphatic rings. The van der Waals surface area contributed by atoms with Crippen LogP contribution >= 0.6 is 11.5 Å². The fourth-order valence-corrected chi connectivity index (χ4v) is 3.48. The maximum Gasteiger partial charge on any atom is 0.205 e. The smallest absolute Gasteiger partial charge is 0.205 e. The summed E-state index contributed by atoms with van der Waals surface area (Å²) >= 11 is 1.42. The van der Waals surface area contributed by atoms with E-state index in [2.05, 4.69) is 14.3 Å². The highest BCUT2D eigenvalue weighted by atomic mass is 32.1. The molecule has 1 saturated heterocycles. The van der Waals surface area contributed by atoms with Crippen LogP contribution in [-0.4, -0.2) is 27.6 Å². The van der Waals surface area contributed by atoms with Crippen molar-refractivity contribution in [3.63, 3.8) is 0 Å². The molecule has 1 fully saturated rings. The van der Waals surface area contributed by atoms with Crippen LogP contribution < -0.4 is 4.90 Å². The first-order chi connectivity index (χ1) is 10.1. The highest BCUT2D eigenvalue weighted by molar-refractivity contribution is 7.09. The van der Waals surface area contributed by atoms with E-state index in [1.807, 2.05) is 6.92 Å². The van der Waals surface area contributed by atoms with Crippen molar-refractivity contribution in [2.24, 2.45) is 5.92 Å². The minimum absolute atomic E-state index is 0.209. The molecule has 0 spiro atoms. The van der Waals surface area contributed by atoms with Crippen molar-refractivity contribution in [1.29, 1.82) is 0 Å². The first kappa shape index (κ1) is 14.4. The molecule has 21 heavy (non-hydrogen) atoms. The van der Waals surface area contributed by atoms with Crippen molar-refractivity contribution in [3.05, 3.63) is 41.5 Å². The molecule has 4 nitrogen and oxygen atoms in total. The second-order valence-electron chi connectivity index (χ2n) is 5.45. The number of benzene rings is 1. The first-order valence-corrected chi connectivity index (χ1v) is 7.89. The predicted molar refractivity (Wildman–Crippen MR) is 80.9 cm³/mol. The predicted octanol–water partition coefficient (Wildman–Crippen LogP) is 2.94. The van der Waals surface area contributed by atoms with E-state index in [0.717, 1.165) is 42.5 Å². The van der Waals surface area contributed by atoms with Crippen molar-refractivity contribution in [3.8, 4) is 0 Å². The molecule has 0 saturated carbocycles. The van der Waals surface area contributed by atoms with Crippen LogP contribution in [0.1, 0.15) is 30.3 Å². The minimum atomic E-state index is -0.524. The lowest BCUT2D eigenvalue weighted by Gasteiger charge is -2.34. The topological polar surface area (TPSA) is 49.2 Å². The number of nitrogens with zero attached hydrogens (tertiary/aromatic N) is 3. The van der Waals surface area contributed by atoms with Gasteiger partial charge in [0.15, 0.2) is 0 Å². The summed E-state index contributed by atoms with van der Waals surface area (Å²) in [6, 6.07) is 6.14. The van der Waals surface area contributed by atoms with Crippen LogP contribution in [0.15, 0.2) is 24.3 Å². The van der Waals surface area contributed by atoms with Gasteiger partial charge in [0.2, 0.25) is 5.13 Å². The fourth-order valence-electron chi connectivity index (χ4n) is 2.75. The van der Waals surface area contributed by atoms with Crippen molar-refractivity contribution >= 4 is 16.7 Å². The van der Waals surface area contributed by atoms with Crippen LogP contribution in [0.3, 0.4) is 0 Å². The van der Waals surface area contributed by atoms with Crippen molar-refractivity contribution in [1.82, 2.24) is 9.36 Å². The second kappa shape index (κ2) is 6.07. The molecule has 1 aromatic carbocycles. The van der Waals surface area contributed by atoms with E-state index in [1.165, 1.54) is 23.7 Å². The zero-order valence-corrected chi connectivity index (χ0v) is 12.7. The van der Waals surface area contributed by atoms with Gasteiger partial charge in [-0.1, -0.05) is 12.1 Å². The summed E-state index contributed by atoms with van der Waals surface area (Å²) in [6.07, 6.45) is 1.28. The summed E-state index contributed by atoms with van der Waals surface area (Å²) in [4.78, 5) is 6.62. The summed E-state index contributed by atoms with van der Waals surface area (Å²) in [7, 11) is 0. The first-order valence-electron chi connectivity index (χ1n) is 7.12. The number of aliphatic hydroxyl groups is 1. The van der Waals surface area contributed by atoms with Gasteiger partial charge >= 0.3 is 0 Å². The standard InChI is InChI=1S/C15H18FN3OS/c1-10-17-15(21-18-10)19-8-6-12(7-9-19)14(20)11-2-4-13(16)5-3-11/h2-5,12,14,20H,6-9H2,1H3. The average Bonchev–Trinajstić information content (AvgIpc) is 2.94. The average molecular weight is 307 g/mol. The summed E-state index contributed by atoms with van der Waals surface area (Å²) in [5.41, 5.74) is 0.793. The molecule has 2 heterocycles. The van der Waals surface area contributed by atoms with Gasteiger partial charge in [0.25, 0.3) is 0 Å². The number of anilines is 1. The normalized spacial score (nSPS) is 18.0. The largest absolute Gasteiger partial charge is 0.388 e. The van der Waals surface area contributed by atoms with E-state index in [-0.39, 0.29) is 11.7 Å². The Morgan fingerprint density at radius 3 is 2.52 bits per heavy atom. The molecule has 1 aliphatic heterocycles. The van der Waals surface area contributed by atoms with E-state index >= 15 is 0 Å². The number of rotatable bonds is 3. The number of hydrogen-bond donors (Lipinski definition) is 1. The molecule has 1 unspecified atom stereocenters. The Morgan fingerprint density at radius 1 is 1.29 bits per heavy atom. The van der Waals surface area contributed by atoms with Gasteiger partial charge in [0.1, 0.15) is 11.6 Å². The molecule has 0 radical (unpaired) electrons. The molecule has 1 aromatic heterocycles. The Labute approximate surface area is 127 Å². The lowest BCUT2D eigenvalue weighted by atomic mass is 9.87. The van der Waals surface area contributed by atoms with Crippen LogP contribution in [-0.2, 0) is 0 Å². The molecule has 2 aromatic rings. The maximum absolute atomic E-state index is 12.9. The van der Waals surface area contributed by atoms with Crippen LogP contribution in [0.25, 0.3) is 0 Å². The number of aromatic nitrogens is 2. The SMILES string of the molecule is Cc1nsc(N2CCC(C(O)c3ccc(F)cc3)CC2)n1. The molecule has 1 N–H and O–H groups in total. The lowest BCUT2D eigenvalue weighted by Crippen LogP contribution is -2.35. The zero-order valence-electron chi connectivity index (χ0n) is 11.9. The Hall–Kier alpha value is -1.53.